The lowest BCUT2D eigenvalue weighted by molar-refractivity contribution is -0.123. The first-order valence-corrected chi connectivity index (χ1v) is 5.27. The molecule has 1 unspecified atom stereocenters. The third-order valence-electron chi connectivity index (χ3n) is 2.71. The number of hydrogen-bond acceptors (Lipinski definition) is 4. The molecule has 0 saturated carbocycles. The maximum Gasteiger partial charge on any atom is 0.154 e. The van der Waals surface area contributed by atoms with E-state index in [0.29, 0.717) is 0 Å². The highest BCUT2D eigenvalue weighted by Crippen LogP contribution is 2.22. The highest BCUT2D eigenvalue weighted by molar-refractivity contribution is 5.82. The Morgan fingerprint density at radius 1 is 1.53 bits per heavy atom. The van der Waals surface area contributed by atoms with E-state index in [-0.39, 0.29) is 11.8 Å². The molecule has 1 aliphatic heterocycles. The van der Waals surface area contributed by atoms with Gasteiger partial charge in [0.25, 0.3) is 0 Å². The van der Waals surface area contributed by atoms with Crippen LogP contribution in [0.1, 0.15) is 18.7 Å². The first kappa shape index (κ1) is 10.4. The van der Waals surface area contributed by atoms with Crippen LogP contribution in [0.2, 0.25) is 0 Å². The fourth-order valence-electron chi connectivity index (χ4n) is 2.02. The third kappa shape index (κ3) is 2.27. The molecule has 0 bridgehead atoms. The Bertz CT molecular complexity index is 315. The number of ketones is 1. The molecule has 0 aliphatic carbocycles. The Labute approximate surface area is 89.2 Å². The van der Waals surface area contributed by atoms with Crippen LogP contribution < -0.4 is 5.32 Å². The van der Waals surface area contributed by atoms with Crippen LogP contribution >= 0.6 is 0 Å². The Hall–Kier alpha value is -1.13. The average Bonchev–Trinajstić information content (AvgIpc) is 2.72. The lowest BCUT2D eigenvalue weighted by atomic mass is 10.1. The molecule has 0 amide bonds. The molecule has 4 heteroatoms. The van der Waals surface area contributed by atoms with Crippen molar-refractivity contribution in [2.24, 2.45) is 0 Å². The number of Topliss-reactive ketones (excluding diaryl/α,β-unsaturated/α-hetero) is 1. The first-order chi connectivity index (χ1) is 7.29. The molecule has 0 aromatic carbocycles. The molecule has 1 N–H and O–H groups in total. The van der Waals surface area contributed by atoms with Gasteiger partial charge in [-0.2, -0.15) is 0 Å². The summed E-state index contributed by atoms with van der Waals surface area (Å²) in [5, 5.41) is 3.27. The Kier molecular flexibility index (Phi) is 3.18. The minimum atomic E-state index is -0.206. The van der Waals surface area contributed by atoms with Gasteiger partial charge in [0.2, 0.25) is 0 Å². The number of piperazine rings is 1. The Balaban J connectivity index is 2.15. The van der Waals surface area contributed by atoms with E-state index in [0.717, 1.165) is 31.9 Å². The van der Waals surface area contributed by atoms with Crippen molar-refractivity contribution < 1.29 is 9.21 Å². The average molecular weight is 208 g/mol. The van der Waals surface area contributed by atoms with E-state index in [1.165, 1.54) is 0 Å². The summed E-state index contributed by atoms with van der Waals surface area (Å²) in [6.45, 7) is 5.28. The lowest BCUT2D eigenvalue weighted by Gasteiger charge is -2.32. The Morgan fingerprint density at radius 2 is 2.27 bits per heavy atom. The van der Waals surface area contributed by atoms with E-state index in [1.807, 2.05) is 12.1 Å². The van der Waals surface area contributed by atoms with E-state index in [9.17, 15) is 4.79 Å². The zero-order chi connectivity index (χ0) is 10.7. The van der Waals surface area contributed by atoms with Crippen LogP contribution in [0.15, 0.2) is 22.8 Å². The van der Waals surface area contributed by atoms with E-state index in [4.69, 9.17) is 4.42 Å². The van der Waals surface area contributed by atoms with Gasteiger partial charge in [0.05, 0.1) is 6.26 Å². The van der Waals surface area contributed by atoms with Gasteiger partial charge in [0, 0.05) is 26.2 Å². The molecule has 1 aromatic heterocycles. The molecule has 4 nitrogen and oxygen atoms in total. The second kappa shape index (κ2) is 4.59. The number of rotatable bonds is 3. The molecule has 2 heterocycles. The maximum absolute atomic E-state index is 11.6. The van der Waals surface area contributed by atoms with Gasteiger partial charge in [-0.3, -0.25) is 9.69 Å². The van der Waals surface area contributed by atoms with Crippen molar-refractivity contribution >= 4 is 5.78 Å². The topological polar surface area (TPSA) is 45.5 Å². The van der Waals surface area contributed by atoms with E-state index < -0.39 is 0 Å². The SMILES string of the molecule is CC(=O)C(c1ccco1)N1CCNCC1. The molecule has 0 radical (unpaired) electrons. The summed E-state index contributed by atoms with van der Waals surface area (Å²) in [5.74, 6) is 0.899. The maximum atomic E-state index is 11.6. The van der Waals surface area contributed by atoms with Crippen molar-refractivity contribution in [1.82, 2.24) is 10.2 Å². The van der Waals surface area contributed by atoms with Gasteiger partial charge in [-0.05, 0) is 19.1 Å². The van der Waals surface area contributed by atoms with Crippen molar-refractivity contribution in [1.29, 1.82) is 0 Å². The van der Waals surface area contributed by atoms with Crippen molar-refractivity contribution in [3.8, 4) is 0 Å². The number of furan rings is 1. The summed E-state index contributed by atoms with van der Waals surface area (Å²) < 4.78 is 5.33. The molecule has 15 heavy (non-hydrogen) atoms. The minimum Gasteiger partial charge on any atom is -0.467 e. The third-order valence-corrected chi connectivity index (χ3v) is 2.71. The molecular weight excluding hydrogens is 192 g/mol. The van der Waals surface area contributed by atoms with E-state index in [2.05, 4.69) is 10.2 Å². The van der Waals surface area contributed by atoms with Gasteiger partial charge in [-0.1, -0.05) is 0 Å². The van der Waals surface area contributed by atoms with Crippen LogP contribution in [-0.2, 0) is 4.79 Å². The molecule has 1 fully saturated rings. The normalized spacial score (nSPS) is 20.1. The van der Waals surface area contributed by atoms with Crippen LogP contribution in [0.4, 0.5) is 0 Å². The summed E-state index contributed by atoms with van der Waals surface area (Å²) in [6, 6.07) is 3.49. The van der Waals surface area contributed by atoms with Crippen LogP contribution in [0.3, 0.4) is 0 Å². The summed E-state index contributed by atoms with van der Waals surface area (Å²) in [6.07, 6.45) is 1.62. The molecule has 1 aromatic rings. The second-order valence-corrected chi connectivity index (χ2v) is 3.81. The van der Waals surface area contributed by atoms with Crippen LogP contribution in [-0.4, -0.2) is 36.9 Å². The van der Waals surface area contributed by atoms with Gasteiger partial charge in [-0.25, -0.2) is 0 Å². The fraction of sp³-hybridized carbons (Fsp3) is 0.545. The fourth-order valence-corrected chi connectivity index (χ4v) is 2.02. The number of nitrogens with zero attached hydrogens (tertiary/aromatic N) is 1. The lowest BCUT2D eigenvalue weighted by Crippen LogP contribution is -2.46. The molecular formula is C11H16N2O2. The zero-order valence-corrected chi connectivity index (χ0v) is 8.90. The molecule has 1 saturated heterocycles. The summed E-state index contributed by atoms with van der Waals surface area (Å²) in [4.78, 5) is 13.8. The zero-order valence-electron chi connectivity index (χ0n) is 8.90. The Morgan fingerprint density at radius 3 is 2.80 bits per heavy atom. The minimum absolute atomic E-state index is 0.145. The van der Waals surface area contributed by atoms with Crippen LogP contribution in [0.5, 0.6) is 0 Å². The number of hydrogen-bond donors (Lipinski definition) is 1. The number of carbonyl (C=O) groups excluding carboxylic acids is 1. The molecule has 1 atom stereocenters. The van der Waals surface area contributed by atoms with Gasteiger partial charge in [-0.15, -0.1) is 0 Å². The standard InChI is InChI=1S/C11H16N2O2/c1-9(14)11(10-3-2-8-15-10)13-6-4-12-5-7-13/h2-3,8,11-12H,4-7H2,1H3. The monoisotopic (exact) mass is 208 g/mol. The van der Waals surface area contributed by atoms with Crippen molar-refractivity contribution in [2.45, 2.75) is 13.0 Å². The van der Waals surface area contributed by atoms with E-state index >= 15 is 0 Å². The quantitative estimate of drug-likeness (QED) is 0.798. The van der Waals surface area contributed by atoms with Crippen LogP contribution in [0.25, 0.3) is 0 Å². The highest BCUT2D eigenvalue weighted by Gasteiger charge is 2.27. The number of nitrogens with one attached hydrogen (secondary N) is 1. The van der Waals surface area contributed by atoms with Crippen molar-refractivity contribution in [3.05, 3.63) is 24.2 Å². The van der Waals surface area contributed by atoms with Crippen molar-refractivity contribution in [3.63, 3.8) is 0 Å². The first-order valence-electron chi connectivity index (χ1n) is 5.27. The predicted octanol–water partition coefficient (Wildman–Crippen LogP) is 0.815. The van der Waals surface area contributed by atoms with Gasteiger partial charge >= 0.3 is 0 Å². The summed E-state index contributed by atoms with van der Waals surface area (Å²) >= 11 is 0. The molecule has 1 aliphatic rings. The largest absolute Gasteiger partial charge is 0.467 e. The predicted molar refractivity (Wildman–Crippen MR) is 56.6 cm³/mol. The van der Waals surface area contributed by atoms with Crippen molar-refractivity contribution in [2.75, 3.05) is 26.2 Å². The summed E-state index contributed by atoms with van der Waals surface area (Å²) in [5.41, 5.74) is 0. The molecule has 0 spiro atoms. The second-order valence-electron chi connectivity index (χ2n) is 3.81. The smallest absolute Gasteiger partial charge is 0.154 e. The van der Waals surface area contributed by atoms with E-state index in [1.54, 1.807) is 13.2 Å². The van der Waals surface area contributed by atoms with Gasteiger partial charge in [0.15, 0.2) is 5.78 Å². The summed E-state index contributed by atoms with van der Waals surface area (Å²) in [7, 11) is 0. The molecule has 82 valence electrons. The van der Waals surface area contributed by atoms with Crippen LogP contribution in [0, 0.1) is 0 Å². The van der Waals surface area contributed by atoms with Gasteiger partial charge in [0.1, 0.15) is 11.8 Å². The number of carbonyl (C=O) groups is 1. The molecule has 2 rings (SSSR count). The van der Waals surface area contributed by atoms with Gasteiger partial charge < -0.3 is 9.73 Å². The highest BCUT2D eigenvalue weighted by atomic mass is 16.3.